The second-order valence-corrected chi connectivity index (χ2v) is 15.0. The molecule has 61 heavy (non-hydrogen) atoms. The van der Waals surface area contributed by atoms with Gasteiger partial charge in [-0.1, -0.05) is 35.3 Å². The zero-order chi connectivity index (χ0) is 45.0. The summed E-state index contributed by atoms with van der Waals surface area (Å²) in [5.41, 5.74) is 9.91. The van der Waals surface area contributed by atoms with E-state index in [9.17, 15) is 41.8 Å². The lowest BCUT2D eigenvalue weighted by Gasteiger charge is -2.11. The second-order valence-electron chi connectivity index (χ2n) is 12.0. The number of aromatic carboxylic acids is 1. The van der Waals surface area contributed by atoms with E-state index in [-0.39, 0.29) is 52.9 Å². The Kier molecular flexibility index (Phi) is 17.6. The van der Waals surface area contributed by atoms with Gasteiger partial charge in [0, 0.05) is 66.7 Å². The number of methoxy groups -OCH3 is 2. The van der Waals surface area contributed by atoms with Crippen molar-refractivity contribution in [1.29, 1.82) is 0 Å². The van der Waals surface area contributed by atoms with Gasteiger partial charge in [-0.05, 0) is 48.5 Å². The molecule has 4 aromatic carbocycles. The van der Waals surface area contributed by atoms with Crippen molar-refractivity contribution in [1.82, 2.24) is 0 Å². The maximum absolute atomic E-state index is 14.3. The maximum atomic E-state index is 14.3. The number of rotatable bonds is 15. The molecule has 0 bridgehead atoms. The first-order chi connectivity index (χ1) is 29.0. The molecule has 0 fully saturated rings. The molecule has 0 aliphatic heterocycles. The number of aliphatic hydroxyl groups excluding tert-OH is 1. The fourth-order valence-corrected chi connectivity index (χ4v) is 8.18. The van der Waals surface area contributed by atoms with Crippen molar-refractivity contribution < 1.29 is 70.6 Å². The van der Waals surface area contributed by atoms with E-state index < -0.39 is 65.1 Å². The van der Waals surface area contributed by atoms with Crippen LogP contribution in [0.1, 0.15) is 51.2 Å². The largest absolute Gasteiger partial charge is 0.483 e. The number of nitrogens with two attached hydrogens (primary N) is 2. The highest BCUT2D eigenvalue weighted by atomic mass is 35.5. The average Bonchev–Trinajstić information content (AvgIpc) is 3.78. The molecule has 0 saturated heterocycles. The number of ether oxygens (including phenoxy) is 5. The van der Waals surface area contributed by atoms with Crippen LogP contribution in [0.25, 0.3) is 20.2 Å². The SMILES string of the molecule is COCCO.COCCOC(=O)c1sc2cccc(Cl)c2c1COc1c(F)cc(C(N)=O)cc1F.NC(=O)c1cc(F)c(OCc2c(C(=O)O)sc3cccc(Cl)c23)c(F)c1. The molecular weight excluding hydrogens is 895 g/mol. The van der Waals surface area contributed by atoms with Crippen LogP contribution >= 0.6 is 45.9 Å². The smallest absolute Gasteiger partial charge is 0.348 e. The number of aliphatic hydroxyl groups is 1. The second kappa shape index (κ2) is 22.3. The molecule has 0 atom stereocenters. The monoisotopic (exact) mass is 928 g/mol. The summed E-state index contributed by atoms with van der Waals surface area (Å²) in [6.07, 6.45) is 0. The number of benzene rings is 4. The Bertz CT molecular complexity index is 2520. The third-order valence-electron chi connectivity index (χ3n) is 8.01. The van der Waals surface area contributed by atoms with E-state index in [2.05, 4.69) is 4.74 Å². The van der Waals surface area contributed by atoms with E-state index in [0.717, 1.165) is 46.9 Å². The number of carbonyl (C=O) groups excluding carboxylic acids is 3. The Morgan fingerprint density at radius 2 is 1.07 bits per heavy atom. The summed E-state index contributed by atoms with van der Waals surface area (Å²) in [5, 5.41) is 18.9. The number of carboxylic acids is 1. The van der Waals surface area contributed by atoms with Crippen LogP contribution in [0.3, 0.4) is 0 Å². The average molecular weight is 930 g/mol. The van der Waals surface area contributed by atoms with Crippen molar-refractivity contribution in [2.75, 3.05) is 40.6 Å². The molecule has 0 spiro atoms. The molecule has 0 aliphatic carbocycles. The summed E-state index contributed by atoms with van der Waals surface area (Å²) in [4.78, 5) is 46.3. The Morgan fingerprint density at radius 3 is 1.43 bits per heavy atom. The Morgan fingerprint density at radius 1 is 0.656 bits per heavy atom. The van der Waals surface area contributed by atoms with Crippen LogP contribution in [-0.2, 0) is 27.4 Å². The molecule has 6 N–H and O–H groups in total. The Labute approximate surface area is 361 Å². The quantitative estimate of drug-likeness (QED) is 0.0439. The van der Waals surface area contributed by atoms with E-state index in [1.807, 2.05) is 0 Å². The minimum absolute atomic E-state index is 0.0371. The van der Waals surface area contributed by atoms with Crippen molar-refractivity contribution in [2.45, 2.75) is 13.2 Å². The Hall–Kier alpha value is -5.54. The van der Waals surface area contributed by atoms with Crippen LogP contribution in [0.5, 0.6) is 11.5 Å². The molecule has 2 heterocycles. The van der Waals surface area contributed by atoms with Gasteiger partial charge in [-0.2, -0.15) is 0 Å². The molecule has 0 saturated carbocycles. The molecule has 2 amide bonds. The lowest BCUT2D eigenvalue weighted by atomic mass is 10.1. The van der Waals surface area contributed by atoms with Gasteiger partial charge in [-0.25, -0.2) is 27.2 Å². The first kappa shape index (κ1) is 48.1. The highest BCUT2D eigenvalue weighted by Gasteiger charge is 2.25. The van der Waals surface area contributed by atoms with Gasteiger partial charge in [-0.3, -0.25) is 9.59 Å². The van der Waals surface area contributed by atoms with Gasteiger partial charge >= 0.3 is 11.9 Å². The van der Waals surface area contributed by atoms with Crippen molar-refractivity contribution in [3.63, 3.8) is 0 Å². The van der Waals surface area contributed by atoms with Gasteiger partial charge in [0.05, 0.1) is 19.8 Å². The minimum atomic E-state index is -1.20. The number of fused-ring (bicyclic) bond motifs is 2. The zero-order valence-corrected chi connectivity index (χ0v) is 35.0. The molecule has 6 rings (SSSR count). The number of amides is 2. The summed E-state index contributed by atoms with van der Waals surface area (Å²) in [5.74, 6) is -9.68. The lowest BCUT2D eigenvalue weighted by molar-refractivity contribution is 0.0390. The van der Waals surface area contributed by atoms with Crippen molar-refractivity contribution >= 4 is 89.8 Å². The third-order valence-corrected chi connectivity index (χ3v) is 11.0. The molecular formula is C40H34Cl2F4N2O11S2. The predicted molar refractivity (Wildman–Crippen MR) is 220 cm³/mol. The number of halogens is 6. The topological polar surface area (TPSA) is 207 Å². The van der Waals surface area contributed by atoms with Crippen LogP contribution in [0.4, 0.5) is 17.6 Å². The number of hydrogen-bond acceptors (Lipinski definition) is 12. The molecule has 324 valence electrons. The van der Waals surface area contributed by atoms with Gasteiger partial charge in [0.15, 0.2) is 34.8 Å². The predicted octanol–water partition coefficient (Wildman–Crippen LogP) is 8.15. The first-order valence-corrected chi connectivity index (χ1v) is 19.6. The summed E-state index contributed by atoms with van der Waals surface area (Å²) < 4.78 is 82.9. The van der Waals surface area contributed by atoms with Gasteiger partial charge in [0.25, 0.3) is 0 Å². The standard InChI is InChI=1S/C20H16ClF2NO5S.C17H10ClF2NO4S.C3H8O2/c1-27-5-6-28-20(26)18-11(16-12(21)3-2-4-15(16)30-18)9-29-17-13(22)7-10(19(24)25)8-14(17)23;18-9-2-1-3-12-13(9)8(15(26-12)17(23)24)6-25-14-10(19)4-7(16(21)22)5-11(14)20;1-5-3-2-4/h2-4,7-8H,5-6,9H2,1H3,(H2,24,25);1-5H,6H2,(H2,21,22)(H,23,24);4H,2-3H2,1H3. The number of thiophene rings is 2. The zero-order valence-electron chi connectivity index (χ0n) is 31.8. The molecule has 6 aromatic rings. The number of carbonyl (C=O) groups is 4. The van der Waals surface area contributed by atoms with E-state index in [1.54, 1.807) is 43.5 Å². The number of primary amides is 2. The molecule has 2 aromatic heterocycles. The number of hydrogen-bond donors (Lipinski definition) is 4. The highest BCUT2D eigenvalue weighted by molar-refractivity contribution is 7.21. The lowest BCUT2D eigenvalue weighted by Crippen LogP contribution is -2.13. The fourth-order valence-electron chi connectivity index (χ4n) is 5.29. The van der Waals surface area contributed by atoms with Gasteiger partial charge in [0.1, 0.15) is 29.6 Å². The van der Waals surface area contributed by atoms with Crippen molar-refractivity contribution in [2.24, 2.45) is 11.5 Å². The summed E-state index contributed by atoms with van der Waals surface area (Å²) in [7, 11) is 3.02. The summed E-state index contributed by atoms with van der Waals surface area (Å²) in [6.45, 7) is 0.0368. The third kappa shape index (κ3) is 12.1. The molecule has 0 aliphatic rings. The highest BCUT2D eigenvalue weighted by Crippen LogP contribution is 2.39. The van der Waals surface area contributed by atoms with Crippen LogP contribution in [0.2, 0.25) is 10.0 Å². The maximum Gasteiger partial charge on any atom is 0.348 e. The van der Waals surface area contributed by atoms with Gasteiger partial charge in [0.2, 0.25) is 11.8 Å². The van der Waals surface area contributed by atoms with Crippen LogP contribution in [-0.4, -0.2) is 74.6 Å². The number of esters is 1. The van der Waals surface area contributed by atoms with Crippen LogP contribution in [0, 0.1) is 23.3 Å². The van der Waals surface area contributed by atoms with E-state index in [4.69, 9.17) is 58.7 Å². The summed E-state index contributed by atoms with van der Waals surface area (Å²) in [6, 6.07) is 13.1. The van der Waals surface area contributed by atoms with Gasteiger partial charge < -0.3 is 45.4 Å². The Balaban J connectivity index is 0.000000244. The van der Waals surface area contributed by atoms with Crippen LogP contribution in [0.15, 0.2) is 60.7 Å². The fraction of sp³-hybridized carbons (Fsp3) is 0.200. The normalized spacial score (nSPS) is 10.7. The first-order valence-electron chi connectivity index (χ1n) is 17.3. The molecule has 13 nitrogen and oxygen atoms in total. The van der Waals surface area contributed by atoms with Crippen LogP contribution < -0.4 is 20.9 Å². The number of carboxylic acid groups (broad SMARTS) is 1. The van der Waals surface area contributed by atoms with E-state index in [1.165, 1.54) is 7.11 Å². The molecule has 0 radical (unpaired) electrons. The van der Waals surface area contributed by atoms with E-state index >= 15 is 0 Å². The molecule has 0 unspecified atom stereocenters. The summed E-state index contributed by atoms with van der Waals surface area (Å²) >= 11 is 14.5. The van der Waals surface area contributed by atoms with Crippen molar-refractivity contribution in [3.8, 4) is 11.5 Å². The van der Waals surface area contributed by atoms with E-state index in [0.29, 0.717) is 42.4 Å². The molecule has 21 heteroatoms. The van der Waals surface area contributed by atoms with Crippen molar-refractivity contribution in [3.05, 3.63) is 126 Å². The van der Waals surface area contributed by atoms with Gasteiger partial charge in [-0.15, -0.1) is 22.7 Å². The minimum Gasteiger partial charge on any atom is -0.483 e.